The van der Waals surface area contributed by atoms with Crippen LogP contribution in [0.4, 0.5) is 0 Å². The number of rotatable bonds is 0. The van der Waals surface area contributed by atoms with Crippen LogP contribution in [0.5, 0.6) is 0 Å². The molecule has 0 nitrogen and oxygen atoms in total. The van der Waals surface area contributed by atoms with Crippen LogP contribution in [0.25, 0.3) is 0 Å². The molecule has 0 heterocycles. The third-order valence-corrected chi connectivity index (χ3v) is 2.14. The highest BCUT2D eigenvalue weighted by Gasteiger charge is 1.81. The summed E-state index contributed by atoms with van der Waals surface area (Å²) in [7, 11) is 0. The monoisotopic (exact) mass is 187 g/mol. The fraction of sp³-hybridized carbons (Fsp3) is 0.429. The fourth-order valence-corrected chi connectivity index (χ4v) is 1.34. The summed E-state index contributed by atoms with van der Waals surface area (Å²) in [5.74, 6) is 0. The van der Waals surface area contributed by atoms with Crippen molar-refractivity contribution in [2.75, 3.05) is 0 Å². The second-order valence-electron chi connectivity index (χ2n) is 3.44. The first kappa shape index (κ1) is 11.0. The van der Waals surface area contributed by atoms with Crippen molar-refractivity contribution in [3.05, 3.63) is 48.6 Å². The Bertz CT molecular complexity index is 202. The molecule has 14 heavy (non-hydrogen) atoms. The van der Waals surface area contributed by atoms with Crippen molar-refractivity contribution in [1.29, 1.82) is 0 Å². The summed E-state index contributed by atoms with van der Waals surface area (Å²) in [6.07, 6.45) is 25.5. The first-order valence-corrected chi connectivity index (χ1v) is 5.52. The van der Waals surface area contributed by atoms with Crippen LogP contribution in [0.2, 0.25) is 0 Å². The summed E-state index contributed by atoms with van der Waals surface area (Å²) in [6.45, 7) is 0. The minimum atomic E-state index is 1.04. The third-order valence-electron chi connectivity index (χ3n) is 2.14. The molecule has 0 aliphatic heterocycles. The molecule has 1 aliphatic carbocycles. The molecule has 0 atom stereocenters. The summed E-state index contributed by atoms with van der Waals surface area (Å²) in [5, 5.41) is 0. The molecule has 0 saturated heterocycles. The lowest BCUT2D eigenvalue weighted by molar-refractivity contribution is 0.976. The van der Waals surface area contributed by atoms with Gasteiger partial charge in [0, 0.05) is 0 Å². The van der Waals surface area contributed by atoms with Crippen LogP contribution in [-0.2, 0) is 0 Å². The van der Waals surface area contributed by atoms with Crippen molar-refractivity contribution in [2.24, 2.45) is 0 Å². The quantitative estimate of drug-likeness (QED) is 0.494. The lowest BCUT2D eigenvalue weighted by Crippen LogP contribution is -1.70. The summed E-state index contributed by atoms with van der Waals surface area (Å²) < 4.78 is 0. The minimum absolute atomic E-state index is 1.04. The lowest BCUT2D eigenvalue weighted by atomic mass is 10.2. The molecule has 1 radical (unpaired) electrons. The molecule has 75 valence electrons. The van der Waals surface area contributed by atoms with Gasteiger partial charge >= 0.3 is 0 Å². The van der Waals surface area contributed by atoms with E-state index in [-0.39, 0.29) is 0 Å². The summed E-state index contributed by atoms with van der Waals surface area (Å²) in [6, 6.07) is 0. The second kappa shape index (κ2) is 8.55. The van der Waals surface area contributed by atoms with E-state index in [2.05, 4.69) is 42.5 Å². The Labute approximate surface area is 87.7 Å². The highest BCUT2D eigenvalue weighted by Crippen LogP contribution is 2.01. The van der Waals surface area contributed by atoms with E-state index in [0.29, 0.717) is 0 Å². The molecular formula is C14H19. The first-order chi connectivity index (χ1) is 7.00. The van der Waals surface area contributed by atoms with Crippen molar-refractivity contribution in [1.82, 2.24) is 0 Å². The van der Waals surface area contributed by atoms with Gasteiger partial charge < -0.3 is 0 Å². The normalized spacial score (nSPS) is 19.4. The highest BCUT2D eigenvalue weighted by atomic mass is 13.9. The predicted molar refractivity (Wildman–Crippen MR) is 62.9 cm³/mol. The Morgan fingerprint density at radius 3 is 1.93 bits per heavy atom. The molecule has 0 bridgehead atoms. The highest BCUT2D eigenvalue weighted by molar-refractivity contribution is 5.01. The molecule has 0 N–H and O–H groups in total. The van der Waals surface area contributed by atoms with Gasteiger partial charge in [0.1, 0.15) is 0 Å². The molecule has 0 saturated carbocycles. The van der Waals surface area contributed by atoms with Crippen LogP contribution < -0.4 is 0 Å². The van der Waals surface area contributed by atoms with Gasteiger partial charge in [0.25, 0.3) is 0 Å². The Morgan fingerprint density at radius 2 is 1.21 bits per heavy atom. The SMILES string of the molecule is [C]1=CC=CCCC=CCCC=CCC1. The molecular weight excluding hydrogens is 168 g/mol. The van der Waals surface area contributed by atoms with Crippen molar-refractivity contribution >= 4 is 0 Å². The zero-order chi connectivity index (χ0) is 9.90. The van der Waals surface area contributed by atoms with Crippen LogP contribution in [-0.4, -0.2) is 0 Å². The third kappa shape index (κ3) is 6.47. The van der Waals surface area contributed by atoms with Crippen molar-refractivity contribution in [3.63, 3.8) is 0 Å². The van der Waals surface area contributed by atoms with Crippen LogP contribution in [0, 0.1) is 6.08 Å². The van der Waals surface area contributed by atoms with Crippen molar-refractivity contribution < 1.29 is 0 Å². The van der Waals surface area contributed by atoms with Crippen LogP contribution >= 0.6 is 0 Å². The lowest BCUT2D eigenvalue weighted by Gasteiger charge is -1.90. The maximum atomic E-state index is 3.26. The Kier molecular flexibility index (Phi) is 6.74. The van der Waals surface area contributed by atoms with Crippen molar-refractivity contribution in [3.8, 4) is 0 Å². The molecule has 0 fully saturated rings. The van der Waals surface area contributed by atoms with Crippen LogP contribution in [0.15, 0.2) is 42.5 Å². The smallest absolute Gasteiger partial charge is 0.0241 e. The maximum Gasteiger partial charge on any atom is -0.0241 e. The molecule has 1 aliphatic rings. The number of allylic oxidation sites excluding steroid dienone is 8. The van der Waals surface area contributed by atoms with E-state index in [9.17, 15) is 0 Å². The molecule has 0 heteroatoms. The van der Waals surface area contributed by atoms with Gasteiger partial charge in [0.2, 0.25) is 0 Å². The van der Waals surface area contributed by atoms with Gasteiger partial charge in [-0.15, -0.1) is 0 Å². The summed E-state index contributed by atoms with van der Waals surface area (Å²) >= 11 is 0. The topological polar surface area (TPSA) is 0 Å². The largest absolute Gasteiger partial charge is 0.0882 e. The Balaban J connectivity index is 2.34. The van der Waals surface area contributed by atoms with E-state index in [1.165, 1.54) is 12.8 Å². The standard InChI is InChI=1S/C14H19/c1-2-4-6-8-10-12-14-13-11-9-7-5-3-1/h1-3,8,10-11,13H,4,6-7,9,12,14H2. The first-order valence-electron chi connectivity index (χ1n) is 5.52. The van der Waals surface area contributed by atoms with Crippen molar-refractivity contribution in [2.45, 2.75) is 38.5 Å². The van der Waals surface area contributed by atoms with Gasteiger partial charge in [0.05, 0.1) is 0 Å². The average molecular weight is 187 g/mol. The van der Waals surface area contributed by atoms with Gasteiger partial charge in [-0.25, -0.2) is 0 Å². The zero-order valence-electron chi connectivity index (χ0n) is 8.78. The molecule has 0 aromatic rings. The van der Waals surface area contributed by atoms with E-state index in [1.807, 2.05) is 6.08 Å². The molecule has 0 unspecified atom stereocenters. The van der Waals surface area contributed by atoms with Crippen LogP contribution in [0.1, 0.15) is 38.5 Å². The summed E-state index contributed by atoms with van der Waals surface area (Å²) in [4.78, 5) is 0. The van der Waals surface area contributed by atoms with Gasteiger partial charge in [-0.2, -0.15) is 0 Å². The van der Waals surface area contributed by atoms with E-state index in [1.54, 1.807) is 0 Å². The number of hydrogen-bond acceptors (Lipinski definition) is 0. The summed E-state index contributed by atoms with van der Waals surface area (Å²) in [5.41, 5.74) is 0. The van der Waals surface area contributed by atoms with E-state index < -0.39 is 0 Å². The van der Waals surface area contributed by atoms with Crippen LogP contribution in [0.3, 0.4) is 0 Å². The second-order valence-corrected chi connectivity index (χ2v) is 3.44. The average Bonchev–Trinajstić information content (AvgIpc) is 2.22. The van der Waals surface area contributed by atoms with Gasteiger partial charge in [-0.05, 0) is 44.6 Å². The molecule has 0 spiro atoms. The predicted octanol–water partition coefficient (Wildman–Crippen LogP) is 4.37. The Morgan fingerprint density at radius 1 is 0.643 bits per heavy atom. The van der Waals surface area contributed by atoms with E-state index >= 15 is 0 Å². The Hall–Kier alpha value is -1.04. The molecule has 1 rings (SSSR count). The molecule has 0 amide bonds. The molecule has 0 aromatic heterocycles. The molecule has 0 aromatic carbocycles. The van der Waals surface area contributed by atoms with Gasteiger partial charge in [-0.3, -0.25) is 0 Å². The zero-order valence-corrected chi connectivity index (χ0v) is 8.78. The minimum Gasteiger partial charge on any atom is -0.0882 e. The number of hydrogen-bond donors (Lipinski definition) is 0. The van der Waals surface area contributed by atoms with Gasteiger partial charge in [0.15, 0.2) is 0 Å². The van der Waals surface area contributed by atoms with Gasteiger partial charge in [-0.1, -0.05) is 42.5 Å². The maximum absolute atomic E-state index is 3.26. The van der Waals surface area contributed by atoms with E-state index in [4.69, 9.17) is 0 Å². The van der Waals surface area contributed by atoms with E-state index in [0.717, 1.165) is 25.7 Å². The fourth-order valence-electron chi connectivity index (χ4n) is 1.34.